The number of ether oxygens (including phenoxy) is 1. The van der Waals surface area contributed by atoms with Crippen LogP contribution in [0.4, 0.5) is 0 Å². The molecule has 2 aliphatic heterocycles. The van der Waals surface area contributed by atoms with Gasteiger partial charge in [0.05, 0.1) is 11.8 Å². The number of hydrogen-bond acceptors (Lipinski definition) is 7. The predicted octanol–water partition coefficient (Wildman–Crippen LogP) is 3.35. The van der Waals surface area contributed by atoms with E-state index in [0.29, 0.717) is 11.3 Å². The number of nitrogens with zero attached hydrogens (tertiary/aromatic N) is 2. The summed E-state index contributed by atoms with van der Waals surface area (Å²) in [4.78, 5) is 49.3. The molecule has 0 spiro atoms. The minimum atomic E-state index is -2.01. The van der Waals surface area contributed by atoms with Gasteiger partial charge in [-0.2, -0.15) is 5.06 Å². The lowest BCUT2D eigenvalue weighted by Gasteiger charge is -2.50. The molecule has 2 aromatic carbocycles. The maximum absolute atomic E-state index is 13.6. The van der Waals surface area contributed by atoms with E-state index in [9.17, 15) is 29.5 Å². The Hall–Kier alpha value is -3.40. The summed E-state index contributed by atoms with van der Waals surface area (Å²) in [6.45, 7) is 0.259. The van der Waals surface area contributed by atoms with E-state index in [-0.39, 0.29) is 35.8 Å². The van der Waals surface area contributed by atoms with Gasteiger partial charge in [0.1, 0.15) is 18.1 Å². The van der Waals surface area contributed by atoms with Gasteiger partial charge in [-0.1, -0.05) is 48.0 Å². The van der Waals surface area contributed by atoms with Crippen molar-refractivity contribution >= 4 is 46.8 Å². The van der Waals surface area contributed by atoms with E-state index in [4.69, 9.17) is 27.9 Å². The normalized spacial score (nSPS) is 33.6. The number of phenolic OH excluding ortho intramolecular Hbond substituents is 1. The topological polar surface area (TPSA) is 124 Å². The molecule has 2 aliphatic carbocycles. The number of rotatable bonds is 4. The number of benzene rings is 2. The zero-order valence-corrected chi connectivity index (χ0v) is 22.2. The summed E-state index contributed by atoms with van der Waals surface area (Å²) in [7, 11) is 1.29. The van der Waals surface area contributed by atoms with Crippen LogP contribution >= 0.6 is 23.2 Å². The number of alkyl halides is 2. The number of likely N-dealkylation sites (tertiary alicyclic amines) is 1. The minimum Gasteiger partial charge on any atom is -0.508 e. The minimum absolute atomic E-state index is 0.119. The molecule has 4 amide bonds. The van der Waals surface area contributed by atoms with Crippen LogP contribution in [0.15, 0.2) is 60.2 Å². The van der Waals surface area contributed by atoms with Crippen molar-refractivity contribution in [1.29, 1.82) is 0 Å². The summed E-state index contributed by atoms with van der Waals surface area (Å²) in [5.74, 6) is -6.52. The zero-order valence-electron chi connectivity index (χ0n) is 20.7. The second kappa shape index (κ2) is 8.81. The average molecular weight is 571 g/mol. The Bertz CT molecular complexity index is 1460. The third-order valence-corrected chi connectivity index (χ3v) is 9.97. The van der Waals surface area contributed by atoms with Crippen molar-refractivity contribution in [2.24, 2.45) is 17.8 Å². The highest BCUT2D eigenvalue weighted by atomic mass is 35.5. The molecule has 1 saturated carbocycles. The first-order valence-corrected chi connectivity index (χ1v) is 13.2. The molecular weight excluding hydrogens is 547 g/mol. The number of imide groups is 2. The molecule has 0 unspecified atom stereocenters. The lowest BCUT2D eigenvalue weighted by molar-refractivity contribution is -0.173. The predicted molar refractivity (Wildman–Crippen MR) is 138 cm³/mol. The van der Waals surface area contributed by atoms with E-state index in [0.717, 1.165) is 10.5 Å². The van der Waals surface area contributed by atoms with Crippen LogP contribution in [-0.4, -0.2) is 60.7 Å². The van der Waals surface area contributed by atoms with Gasteiger partial charge in [0.25, 0.3) is 23.6 Å². The van der Waals surface area contributed by atoms with Gasteiger partial charge >= 0.3 is 0 Å². The van der Waals surface area contributed by atoms with Crippen molar-refractivity contribution in [3.8, 4) is 11.5 Å². The Morgan fingerprint density at radius 1 is 1.00 bits per heavy atom. The number of carbonyl (C=O) groups excluding carboxylic acids is 4. The summed E-state index contributed by atoms with van der Waals surface area (Å²) < 4.78 is 5.82. The number of phenols is 1. The van der Waals surface area contributed by atoms with Gasteiger partial charge in [0, 0.05) is 24.6 Å². The van der Waals surface area contributed by atoms with E-state index in [1.54, 1.807) is 18.2 Å². The molecule has 3 fully saturated rings. The van der Waals surface area contributed by atoms with Crippen LogP contribution in [0.2, 0.25) is 0 Å². The standard InChI is InChI=1S/C28H24Cl2N2O7/c1-31-25(36)27(29)12-19-16(9-10-18-21(19)24(35)32(38)23(18)34)22(28(27,30)26(31)37)17-8-7-15(11-20(17)33)39-13-14-5-3-2-4-6-14/h2-9,11,18-19,21-22,33,38H,10,12-13H2,1H3/t18-,19+,21-,22+,27+,28-/m0/s1. The van der Waals surface area contributed by atoms with Gasteiger partial charge in [-0.15, -0.1) is 23.2 Å². The molecule has 4 aliphatic rings. The fourth-order valence-electron chi connectivity index (χ4n) is 6.67. The fraction of sp³-hybridized carbons (Fsp3) is 0.357. The van der Waals surface area contributed by atoms with E-state index < -0.39 is 57.0 Å². The molecule has 0 aromatic heterocycles. The molecule has 6 atom stereocenters. The van der Waals surface area contributed by atoms with E-state index in [1.807, 2.05) is 30.3 Å². The largest absolute Gasteiger partial charge is 0.508 e. The summed E-state index contributed by atoms with van der Waals surface area (Å²) in [5.41, 5.74) is 1.67. The summed E-state index contributed by atoms with van der Waals surface area (Å²) in [6.07, 6.45) is 1.65. The van der Waals surface area contributed by atoms with Crippen molar-refractivity contribution in [2.45, 2.75) is 35.1 Å². The number of amides is 4. The number of allylic oxidation sites excluding steroid dienone is 2. The number of aromatic hydroxyl groups is 1. The Kier molecular flexibility index (Phi) is 5.84. The zero-order chi connectivity index (χ0) is 27.9. The van der Waals surface area contributed by atoms with E-state index in [2.05, 4.69) is 0 Å². The molecule has 2 saturated heterocycles. The molecule has 9 nitrogen and oxygen atoms in total. The maximum atomic E-state index is 13.6. The van der Waals surface area contributed by atoms with Gasteiger partial charge in [-0.25, -0.2) is 0 Å². The third-order valence-electron chi connectivity index (χ3n) is 8.55. The maximum Gasteiger partial charge on any atom is 0.257 e. The van der Waals surface area contributed by atoms with Crippen LogP contribution in [0, 0.1) is 17.8 Å². The van der Waals surface area contributed by atoms with Gasteiger partial charge in [0.2, 0.25) is 0 Å². The molecule has 6 rings (SSSR count). The van der Waals surface area contributed by atoms with Crippen LogP contribution in [0.1, 0.15) is 29.9 Å². The Balaban J connectivity index is 1.45. The molecule has 2 aromatic rings. The first kappa shape index (κ1) is 25.9. The SMILES string of the molecule is CN1C(=O)[C@]2(Cl)C[C@@H]3C(=CC[C@@H]4C(=O)N(O)C(=O)[C@@H]43)[C@H](c3ccc(OCc4ccccc4)cc3O)[C@]2(Cl)C1=O. The summed E-state index contributed by atoms with van der Waals surface area (Å²) in [6, 6.07) is 14.0. The summed E-state index contributed by atoms with van der Waals surface area (Å²) in [5, 5.41) is 21.4. The quantitative estimate of drug-likeness (QED) is 0.250. The molecule has 11 heteroatoms. The number of fused-ring (bicyclic) bond motifs is 4. The van der Waals surface area contributed by atoms with Gasteiger partial charge in [-0.05, 0) is 30.4 Å². The highest BCUT2D eigenvalue weighted by molar-refractivity contribution is 6.53. The monoisotopic (exact) mass is 570 g/mol. The second-order valence-electron chi connectivity index (χ2n) is 10.5. The molecule has 0 radical (unpaired) electrons. The average Bonchev–Trinajstić information content (AvgIpc) is 3.23. The third kappa shape index (κ3) is 3.43. The van der Waals surface area contributed by atoms with Crippen molar-refractivity contribution in [1.82, 2.24) is 9.96 Å². The molecule has 39 heavy (non-hydrogen) atoms. The van der Waals surface area contributed by atoms with Crippen LogP contribution < -0.4 is 4.74 Å². The Morgan fingerprint density at radius 3 is 2.41 bits per heavy atom. The van der Waals surface area contributed by atoms with Crippen molar-refractivity contribution in [3.05, 3.63) is 71.3 Å². The van der Waals surface area contributed by atoms with Gasteiger partial charge < -0.3 is 9.84 Å². The first-order valence-electron chi connectivity index (χ1n) is 12.5. The van der Waals surface area contributed by atoms with Crippen molar-refractivity contribution < 1.29 is 34.2 Å². The highest BCUT2D eigenvalue weighted by Crippen LogP contribution is 2.66. The lowest BCUT2D eigenvalue weighted by Crippen LogP contribution is -2.60. The van der Waals surface area contributed by atoms with Crippen molar-refractivity contribution in [2.75, 3.05) is 7.05 Å². The Labute approximate surface area is 233 Å². The van der Waals surface area contributed by atoms with Crippen LogP contribution in [0.25, 0.3) is 0 Å². The first-order chi connectivity index (χ1) is 18.5. The summed E-state index contributed by atoms with van der Waals surface area (Å²) >= 11 is 14.1. The van der Waals surface area contributed by atoms with Crippen LogP contribution in [0.5, 0.6) is 11.5 Å². The van der Waals surface area contributed by atoms with Gasteiger partial charge in [0.15, 0.2) is 9.75 Å². The van der Waals surface area contributed by atoms with Crippen LogP contribution in [0.3, 0.4) is 0 Å². The molecule has 2 N–H and O–H groups in total. The number of halogens is 2. The highest BCUT2D eigenvalue weighted by Gasteiger charge is 2.76. The molecular formula is C28H24Cl2N2O7. The van der Waals surface area contributed by atoms with Crippen LogP contribution in [-0.2, 0) is 25.8 Å². The lowest BCUT2D eigenvalue weighted by atomic mass is 9.56. The Morgan fingerprint density at radius 2 is 1.72 bits per heavy atom. The van der Waals surface area contributed by atoms with Crippen molar-refractivity contribution in [3.63, 3.8) is 0 Å². The van der Waals surface area contributed by atoms with E-state index >= 15 is 0 Å². The smallest absolute Gasteiger partial charge is 0.257 e. The fourth-order valence-corrected chi connectivity index (χ4v) is 7.68. The number of hydrogen-bond donors (Lipinski definition) is 2. The second-order valence-corrected chi connectivity index (χ2v) is 11.7. The number of carbonyl (C=O) groups is 4. The van der Waals surface area contributed by atoms with E-state index in [1.165, 1.54) is 13.1 Å². The van der Waals surface area contributed by atoms with Gasteiger partial charge in [-0.3, -0.25) is 29.3 Å². The molecule has 202 valence electrons. The molecule has 2 heterocycles. The number of hydroxylamine groups is 2. The molecule has 0 bridgehead atoms.